The summed E-state index contributed by atoms with van der Waals surface area (Å²) in [6.45, 7) is 5.96. The van der Waals surface area contributed by atoms with Crippen LogP contribution in [-0.2, 0) is 6.42 Å². The fourth-order valence-electron chi connectivity index (χ4n) is 3.32. The lowest BCUT2D eigenvalue weighted by Gasteiger charge is -2.25. The number of carboxylic acid groups (broad SMARTS) is 1. The van der Waals surface area contributed by atoms with E-state index in [0.29, 0.717) is 17.7 Å². The molecule has 0 saturated heterocycles. The zero-order chi connectivity index (χ0) is 19.7. The molecule has 26 heavy (non-hydrogen) atoms. The molecule has 0 radical (unpaired) electrons. The minimum atomic E-state index is -1.23. The number of ether oxygens (including phenoxy) is 1. The number of benzene rings is 1. The summed E-state index contributed by atoms with van der Waals surface area (Å²) in [5, 5.41) is 24.4. The summed E-state index contributed by atoms with van der Waals surface area (Å²) in [6, 6.07) is 1.68. The number of nitro benzene ring substituents is 1. The molecule has 7 nitrogen and oxygen atoms in total. The second-order valence-corrected chi connectivity index (χ2v) is 6.13. The largest absolute Gasteiger partial charge is 0.489 e. The Morgan fingerprint density at radius 2 is 1.96 bits per heavy atom. The summed E-state index contributed by atoms with van der Waals surface area (Å²) >= 11 is 0. The van der Waals surface area contributed by atoms with Crippen LogP contribution in [0.4, 0.5) is 11.4 Å². The molecular weight excluding hydrogens is 336 g/mol. The van der Waals surface area contributed by atoms with Gasteiger partial charge in [0.15, 0.2) is 0 Å². The highest BCUT2D eigenvalue weighted by atomic mass is 16.6. The van der Waals surface area contributed by atoms with E-state index in [4.69, 9.17) is 4.74 Å². The van der Waals surface area contributed by atoms with Crippen molar-refractivity contribution in [3.05, 3.63) is 27.3 Å². The van der Waals surface area contributed by atoms with Gasteiger partial charge in [-0.1, -0.05) is 46.5 Å². The highest BCUT2D eigenvalue weighted by molar-refractivity contribution is 5.95. The van der Waals surface area contributed by atoms with Crippen LogP contribution in [0.25, 0.3) is 0 Å². The predicted molar refractivity (Wildman–Crippen MR) is 102 cm³/mol. The van der Waals surface area contributed by atoms with Gasteiger partial charge in [0.05, 0.1) is 12.0 Å². The number of nitro groups is 1. The normalized spacial score (nSPS) is 14.2. The van der Waals surface area contributed by atoms with Gasteiger partial charge in [-0.3, -0.25) is 10.1 Å². The first-order chi connectivity index (χ1) is 12.5. The molecule has 1 aromatic rings. The standard InChI is InChI=1S/C17H24N2O5.C2H6/c1-3-7-11-10-13(17(20)21)16(24-2)15(19(22)23)14(11)18-12-8-5-4-6-9-12;1-2/h10,12,18H,3-9H2,1-2H3,(H,20,21);1-2H3. The van der Waals surface area contributed by atoms with Crippen LogP contribution < -0.4 is 10.1 Å². The molecule has 2 N–H and O–H groups in total. The Balaban J connectivity index is 0.00000163. The van der Waals surface area contributed by atoms with Crippen molar-refractivity contribution in [3.63, 3.8) is 0 Å². The molecule has 0 aromatic heterocycles. The number of hydrogen-bond donors (Lipinski definition) is 2. The number of carbonyl (C=O) groups is 1. The Labute approximate surface area is 154 Å². The monoisotopic (exact) mass is 366 g/mol. The molecular formula is C19H30N2O5. The number of hydrogen-bond acceptors (Lipinski definition) is 5. The predicted octanol–water partition coefficient (Wildman–Crippen LogP) is 5.02. The minimum absolute atomic E-state index is 0.165. The average Bonchev–Trinajstić information content (AvgIpc) is 2.64. The topological polar surface area (TPSA) is 102 Å². The van der Waals surface area contributed by atoms with E-state index >= 15 is 0 Å². The van der Waals surface area contributed by atoms with Gasteiger partial charge in [0.1, 0.15) is 11.3 Å². The Hall–Kier alpha value is -2.31. The Morgan fingerprint density at radius 1 is 1.35 bits per heavy atom. The van der Waals surface area contributed by atoms with Gasteiger partial charge in [0, 0.05) is 6.04 Å². The van der Waals surface area contributed by atoms with E-state index in [1.165, 1.54) is 19.6 Å². The fourth-order valence-corrected chi connectivity index (χ4v) is 3.32. The van der Waals surface area contributed by atoms with Gasteiger partial charge >= 0.3 is 11.7 Å². The van der Waals surface area contributed by atoms with E-state index < -0.39 is 10.9 Å². The van der Waals surface area contributed by atoms with Gasteiger partial charge in [-0.15, -0.1) is 0 Å². The molecule has 1 aliphatic rings. The van der Waals surface area contributed by atoms with Gasteiger partial charge in [-0.05, 0) is 30.9 Å². The molecule has 0 bridgehead atoms. The van der Waals surface area contributed by atoms with Crippen molar-refractivity contribution in [1.29, 1.82) is 0 Å². The van der Waals surface area contributed by atoms with Crippen LogP contribution in [0.5, 0.6) is 5.75 Å². The lowest BCUT2D eigenvalue weighted by Crippen LogP contribution is -2.24. The molecule has 146 valence electrons. The summed E-state index contributed by atoms with van der Waals surface area (Å²) < 4.78 is 5.10. The molecule has 0 amide bonds. The molecule has 0 aliphatic heterocycles. The van der Waals surface area contributed by atoms with Crippen molar-refractivity contribution in [3.8, 4) is 5.75 Å². The number of aryl methyl sites for hydroxylation is 1. The number of carboxylic acids is 1. The molecule has 0 heterocycles. The molecule has 0 spiro atoms. The Kier molecular flexibility index (Phi) is 8.88. The Morgan fingerprint density at radius 3 is 2.42 bits per heavy atom. The van der Waals surface area contributed by atoms with Crippen LogP contribution >= 0.6 is 0 Å². The summed E-state index contributed by atoms with van der Waals surface area (Å²) in [7, 11) is 1.26. The van der Waals surface area contributed by atoms with E-state index in [0.717, 1.165) is 32.1 Å². The van der Waals surface area contributed by atoms with Crippen molar-refractivity contribution in [2.75, 3.05) is 12.4 Å². The van der Waals surface area contributed by atoms with Crippen LogP contribution in [0, 0.1) is 10.1 Å². The van der Waals surface area contributed by atoms with Crippen molar-refractivity contribution in [2.45, 2.75) is 71.8 Å². The summed E-state index contributed by atoms with van der Waals surface area (Å²) in [6.07, 6.45) is 6.64. The second kappa shape index (κ2) is 10.6. The fraction of sp³-hybridized carbons (Fsp3) is 0.632. The third-order valence-electron chi connectivity index (χ3n) is 4.43. The van der Waals surface area contributed by atoms with Crippen LogP contribution in [-0.4, -0.2) is 29.2 Å². The SMILES string of the molecule is CC.CCCc1cc(C(=O)O)c(OC)c([N+](=O)[O-])c1NC1CCCCC1. The van der Waals surface area contributed by atoms with E-state index in [1.54, 1.807) is 0 Å². The summed E-state index contributed by atoms with van der Waals surface area (Å²) in [5.41, 5.74) is 0.636. The highest BCUT2D eigenvalue weighted by Crippen LogP contribution is 2.42. The second-order valence-electron chi connectivity index (χ2n) is 6.13. The molecule has 1 aliphatic carbocycles. The summed E-state index contributed by atoms with van der Waals surface area (Å²) in [5.74, 6) is -1.41. The van der Waals surface area contributed by atoms with Gasteiger partial charge in [-0.2, -0.15) is 0 Å². The van der Waals surface area contributed by atoms with E-state index in [-0.39, 0.29) is 23.0 Å². The lowest BCUT2D eigenvalue weighted by molar-refractivity contribution is -0.384. The molecule has 1 fully saturated rings. The van der Waals surface area contributed by atoms with E-state index in [9.17, 15) is 20.0 Å². The summed E-state index contributed by atoms with van der Waals surface area (Å²) in [4.78, 5) is 22.6. The lowest BCUT2D eigenvalue weighted by atomic mass is 9.94. The molecule has 2 rings (SSSR count). The van der Waals surface area contributed by atoms with Crippen LogP contribution in [0.3, 0.4) is 0 Å². The van der Waals surface area contributed by atoms with Gasteiger partial charge in [-0.25, -0.2) is 4.79 Å². The average molecular weight is 366 g/mol. The van der Waals surface area contributed by atoms with Gasteiger partial charge in [0.25, 0.3) is 0 Å². The minimum Gasteiger partial charge on any atom is -0.489 e. The first kappa shape index (κ1) is 21.7. The zero-order valence-electron chi connectivity index (χ0n) is 16.1. The number of methoxy groups -OCH3 is 1. The first-order valence-corrected chi connectivity index (χ1v) is 9.37. The van der Waals surface area contributed by atoms with Crippen molar-refractivity contribution in [2.24, 2.45) is 0 Å². The van der Waals surface area contributed by atoms with Gasteiger partial charge < -0.3 is 15.2 Å². The molecule has 0 atom stereocenters. The number of nitrogens with zero attached hydrogens (tertiary/aromatic N) is 1. The molecule has 1 saturated carbocycles. The zero-order valence-corrected chi connectivity index (χ0v) is 16.1. The first-order valence-electron chi connectivity index (χ1n) is 9.37. The highest BCUT2D eigenvalue weighted by Gasteiger charge is 2.31. The maximum Gasteiger partial charge on any atom is 0.339 e. The van der Waals surface area contributed by atoms with Gasteiger partial charge in [0.2, 0.25) is 5.75 Å². The van der Waals surface area contributed by atoms with Crippen molar-refractivity contribution in [1.82, 2.24) is 0 Å². The third kappa shape index (κ3) is 5.09. The van der Waals surface area contributed by atoms with E-state index in [2.05, 4.69) is 5.32 Å². The molecule has 1 aromatic carbocycles. The quantitative estimate of drug-likeness (QED) is 0.518. The van der Waals surface area contributed by atoms with Crippen LogP contribution in [0.15, 0.2) is 6.07 Å². The number of rotatable bonds is 7. The maximum absolute atomic E-state index is 11.7. The maximum atomic E-state index is 11.7. The Bertz CT molecular complexity index is 625. The molecule has 0 unspecified atom stereocenters. The number of nitrogens with one attached hydrogen (secondary N) is 1. The third-order valence-corrected chi connectivity index (χ3v) is 4.43. The van der Waals surface area contributed by atoms with E-state index in [1.807, 2.05) is 20.8 Å². The van der Waals surface area contributed by atoms with Crippen LogP contribution in [0.1, 0.15) is 75.2 Å². The molecule has 7 heteroatoms. The number of anilines is 1. The van der Waals surface area contributed by atoms with Crippen molar-refractivity contribution < 1.29 is 19.6 Å². The van der Waals surface area contributed by atoms with Crippen LogP contribution in [0.2, 0.25) is 0 Å². The van der Waals surface area contributed by atoms with Crippen molar-refractivity contribution >= 4 is 17.3 Å². The number of aromatic carboxylic acids is 1. The smallest absolute Gasteiger partial charge is 0.339 e.